The number of anilines is 2. The van der Waals surface area contributed by atoms with Crippen molar-refractivity contribution in [3.63, 3.8) is 0 Å². The predicted molar refractivity (Wildman–Crippen MR) is 214 cm³/mol. The summed E-state index contributed by atoms with van der Waals surface area (Å²) in [6, 6.07) is 11.2. The van der Waals surface area contributed by atoms with Gasteiger partial charge in [0, 0.05) is 16.7 Å². The van der Waals surface area contributed by atoms with E-state index in [-0.39, 0.29) is 35.1 Å². The molecule has 1 fully saturated rings. The molecule has 0 saturated carbocycles. The van der Waals surface area contributed by atoms with Crippen LogP contribution in [0.1, 0.15) is 104 Å². The molecule has 2 aromatic rings. The quantitative estimate of drug-likeness (QED) is 0.0544. The lowest BCUT2D eigenvalue weighted by atomic mass is 9.92. The highest BCUT2D eigenvalue weighted by atomic mass is 35.5. The maximum atomic E-state index is 13.3. The molecule has 1 heterocycles. The maximum absolute atomic E-state index is 13.3. The summed E-state index contributed by atoms with van der Waals surface area (Å²) in [6.45, 7) is 20.7. The van der Waals surface area contributed by atoms with Gasteiger partial charge >= 0.3 is 5.97 Å². The van der Waals surface area contributed by atoms with Gasteiger partial charge in [0.15, 0.2) is 11.6 Å². The molecule has 0 spiro atoms. The summed E-state index contributed by atoms with van der Waals surface area (Å²) in [5, 5.41) is 10.1. The summed E-state index contributed by atoms with van der Waals surface area (Å²) in [6.07, 6.45) is 6.89. The third-order valence-electron chi connectivity index (χ3n) is 8.22. The van der Waals surface area contributed by atoms with Crippen molar-refractivity contribution in [2.45, 2.75) is 117 Å². The number of aliphatic imine (C=N–C) groups is 1. The van der Waals surface area contributed by atoms with E-state index in [1.807, 2.05) is 105 Å². The number of para-hydroxylation sites is 1. The Balaban J connectivity index is 0.000000770. The normalized spacial score (nSPS) is 17.8. The van der Waals surface area contributed by atoms with Crippen LogP contribution in [0.5, 0.6) is 5.75 Å². The molecule has 1 saturated heterocycles. The maximum Gasteiger partial charge on any atom is 0.322 e. The van der Waals surface area contributed by atoms with Crippen molar-refractivity contribution in [3.05, 3.63) is 70.5 Å². The fourth-order valence-electron chi connectivity index (χ4n) is 5.24. The molecule has 51 heavy (non-hydrogen) atoms. The van der Waals surface area contributed by atoms with Gasteiger partial charge in [-0.15, -0.1) is 0 Å². The fourth-order valence-corrected chi connectivity index (χ4v) is 6.47. The number of aryl methyl sites for hydroxylation is 1. The second-order valence-corrected chi connectivity index (χ2v) is 15.7. The standard InChI is InChI=1S/C33H46ClN3O3S.C7H13NO2/c1-10-13-16-27(34)33(37-28-17-14-15-18-31(28)41(39)22(6)7)36-24(9)35-29-20-26(32(38)23(8)11-2)25(12-3)19-30(29)40-21(4)5;1-5-3-6(8-4-5)7(9)10-2/h13-23,37H,10-12H2,1-9H3,(H,35,36);5-6,8H,3-4H2,1-2H3/b16-13+,33-27-;. The molecule has 11 heteroatoms. The average Bonchev–Trinajstić information content (AvgIpc) is 3.55. The first-order valence-corrected chi connectivity index (χ1v) is 19.6. The van der Waals surface area contributed by atoms with Gasteiger partial charge in [0.05, 0.1) is 45.3 Å². The molecule has 1 aliphatic heterocycles. The first-order chi connectivity index (χ1) is 24.2. The molecule has 1 aliphatic rings. The second kappa shape index (κ2) is 21.8. The van der Waals surface area contributed by atoms with Crippen LogP contribution in [0, 0.1) is 11.8 Å². The molecule has 0 aromatic heterocycles. The number of hydrogen-bond donors (Lipinski definition) is 3. The molecule has 3 N–H and O–H groups in total. The Morgan fingerprint density at radius 3 is 2.31 bits per heavy atom. The smallest absolute Gasteiger partial charge is 0.322 e. The summed E-state index contributed by atoms with van der Waals surface area (Å²) in [5.74, 6) is 2.09. The van der Waals surface area contributed by atoms with E-state index < -0.39 is 10.8 Å². The SMILES string of the molecule is CC/C=C/C(Cl)=C(\N=C(/C)Nc1cc(C(=O)C(C)CC)c(CC)cc1OC(C)C)Nc1ccccc1S(=O)C(C)C.COC(=O)C1CC(C)CN1. The van der Waals surface area contributed by atoms with Crippen LogP contribution < -0.4 is 20.7 Å². The molecule has 0 bridgehead atoms. The number of ketones is 1. The zero-order valence-corrected chi connectivity index (χ0v) is 33.9. The summed E-state index contributed by atoms with van der Waals surface area (Å²) < 4.78 is 23.7. The van der Waals surface area contributed by atoms with E-state index >= 15 is 0 Å². The van der Waals surface area contributed by atoms with Crippen LogP contribution in [0.3, 0.4) is 0 Å². The van der Waals surface area contributed by atoms with E-state index in [1.54, 1.807) is 6.08 Å². The lowest BCUT2D eigenvalue weighted by Crippen LogP contribution is -2.31. The van der Waals surface area contributed by atoms with Crippen molar-refractivity contribution in [1.29, 1.82) is 0 Å². The molecule has 0 amide bonds. The van der Waals surface area contributed by atoms with Crippen LogP contribution in [0.25, 0.3) is 0 Å². The predicted octanol–water partition coefficient (Wildman–Crippen LogP) is 9.25. The Morgan fingerprint density at radius 1 is 1.08 bits per heavy atom. The van der Waals surface area contributed by atoms with Crippen LogP contribution in [-0.2, 0) is 26.8 Å². The van der Waals surface area contributed by atoms with Crippen LogP contribution in [0.4, 0.5) is 11.4 Å². The number of carbonyl (C=O) groups excluding carboxylic acids is 2. The Labute approximate surface area is 313 Å². The van der Waals surface area contributed by atoms with Crippen molar-refractivity contribution in [1.82, 2.24) is 5.32 Å². The number of benzene rings is 2. The number of nitrogens with one attached hydrogen (secondary N) is 3. The summed E-state index contributed by atoms with van der Waals surface area (Å²) in [4.78, 5) is 29.6. The molecule has 0 aliphatic carbocycles. The lowest BCUT2D eigenvalue weighted by Gasteiger charge is -2.20. The minimum atomic E-state index is -1.21. The van der Waals surface area contributed by atoms with Gasteiger partial charge in [-0.1, -0.05) is 78.3 Å². The van der Waals surface area contributed by atoms with Crippen molar-refractivity contribution in [2.75, 3.05) is 24.3 Å². The monoisotopic (exact) mass is 742 g/mol. The molecular formula is C40H59ClN4O5S. The minimum Gasteiger partial charge on any atom is -0.489 e. The lowest BCUT2D eigenvalue weighted by molar-refractivity contribution is -0.142. The first-order valence-electron chi connectivity index (χ1n) is 18.0. The van der Waals surface area contributed by atoms with Crippen molar-refractivity contribution < 1.29 is 23.3 Å². The Kier molecular flexibility index (Phi) is 18.7. The Bertz CT molecular complexity index is 1590. The minimum absolute atomic E-state index is 0.0504. The number of methoxy groups -OCH3 is 1. The average molecular weight is 743 g/mol. The highest BCUT2D eigenvalue weighted by Crippen LogP contribution is 2.32. The number of ether oxygens (including phenoxy) is 2. The number of halogens is 1. The number of amidine groups is 1. The van der Waals surface area contributed by atoms with E-state index in [4.69, 9.17) is 21.3 Å². The summed E-state index contributed by atoms with van der Waals surface area (Å²) >= 11 is 6.72. The van der Waals surface area contributed by atoms with E-state index in [9.17, 15) is 13.8 Å². The van der Waals surface area contributed by atoms with Gasteiger partial charge in [-0.25, -0.2) is 4.99 Å². The largest absolute Gasteiger partial charge is 0.489 e. The number of rotatable bonds is 15. The molecule has 4 unspecified atom stereocenters. The van der Waals surface area contributed by atoms with E-state index in [0.29, 0.717) is 56.6 Å². The van der Waals surface area contributed by atoms with E-state index in [2.05, 4.69) is 27.6 Å². The van der Waals surface area contributed by atoms with Crippen LogP contribution >= 0.6 is 11.6 Å². The zero-order chi connectivity index (χ0) is 38.2. The first kappa shape index (κ1) is 43.7. The van der Waals surface area contributed by atoms with Crippen LogP contribution in [0.2, 0.25) is 0 Å². The number of carbonyl (C=O) groups is 2. The van der Waals surface area contributed by atoms with Gasteiger partial charge in [-0.2, -0.15) is 0 Å². The van der Waals surface area contributed by atoms with E-state index in [0.717, 1.165) is 31.4 Å². The zero-order valence-electron chi connectivity index (χ0n) is 32.3. The molecule has 282 valence electrons. The van der Waals surface area contributed by atoms with Crippen molar-refractivity contribution in [2.24, 2.45) is 16.8 Å². The molecule has 4 atom stereocenters. The molecular weight excluding hydrogens is 684 g/mol. The molecule has 3 rings (SSSR count). The van der Waals surface area contributed by atoms with Crippen molar-refractivity contribution >= 4 is 51.4 Å². The number of allylic oxidation sites excluding steroid dienone is 3. The van der Waals surface area contributed by atoms with Gasteiger partial charge in [-0.3, -0.25) is 13.8 Å². The van der Waals surface area contributed by atoms with Crippen molar-refractivity contribution in [3.8, 4) is 5.75 Å². The third-order valence-corrected chi connectivity index (χ3v) is 10.2. The topological polar surface area (TPSA) is 118 Å². The third kappa shape index (κ3) is 13.5. The van der Waals surface area contributed by atoms with Gasteiger partial charge in [0.1, 0.15) is 17.6 Å². The Hall–Kier alpha value is -3.47. The highest BCUT2D eigenvalue weighted by molar-refractivity contribution is 7.85. The van der Waals surface area contributed by atoms with Gasteiger partial charge in [0.2, 0.25) is 0 Å². The molecule has 2 aromatic carbocycles. The molecule has 0 radical (unpaired) electrons. The van der Waals surface area contributed by atoms with Gasteiger partial charge in [0.25, 0.3) is 0 Å². The second-order valence-electron chi connectivity index (χ2n) is 13.3. The number of esters is 1. The summed E-state index contributed by atoms with van der Waals surface area (Å²) in [5.41, 5.74) is 2.98. The number of hydrogen-bond acceptors (Lipinski definition) is 8. The van der Waals surface area contributed by atoms with Gasteiger partial charge < -0.3 is 25.4 Å². The highest BCUT2D eigenvalue weighted by Gasteiger charge is 2.27. The van der Waals surface area contributed by atoms with E-state index in [1.165, 1.54) is 7.11 Å². The molecule has 9 nitrogen and oxygen atoms in total. The van der Waals surface area contributed by atoms with Gasteiger partial charge in [-0.05, 0) is 94.8 Å². The number of nitrogens with zero attached hydrogens (tertiary/aromatic N) is 1. The summed E-state index contributed by atoms with van der Waals surface area (Å²) in [7, 11) is 0.215. The fraction of sp³-hybridized carbons (Fsp3) is 0.525. The Morgan fingerprint density at radius 2 is 1.76 bits per heavy atom. The van der Waals surface area contributed by atoms with Crippen LogP contribution in [-0.4, -0.2) is 52.8 Å². The van der Waals surface area contributed by atoms with Crippen LogP contribution in [0.15, 0.2) is 69.3 Å². The number of Topliss-reactive ketones (excluding diaryl/α,β-unsaturated/α-hetero) is 1.